The predicted molar refractivity (Wildman–Crippen MR) is 85.1 cm³/mol. The Balaban J connectivity index is 2.79. The maximum absolute atomic E-state index is 10.6. The van der Waals surface area contributed by atoms with E-state index in [0.717, 1.165) is 32.3 Å². The standard InChI is InChI=1S/C16H30O3Si/c1-6-11-16(2,17)14(10-13-20(3,4)5)19-15-9-7-8-12-18-15/h14-15,17H,6-9,11-12H2,1-5H3. The van der Waals surface area contributed by atoms with E-state index >= 15 is 0 Å². The van der Waals surface area contributed by atoms with E-state index in [2.05, 4.69) is 38.0 Å². The van der Waals surface area contributed by atoms with E-state index < -0.39 is 19.8 Å². The minimum atomic E-state index is -1.48. The molecule has 0 bridgehead atoms. The monoisotopic (exact) mass is 298 g/mol. The summed E-state index contributed by atoms with van der Waals surface area (Å²) in [6.45, 7) is 11.2. The van der Waals surface area contributed by atoms with Gasteiger partial charge in [0.2, 0.25) is 0 Å². The summed E-state index contributed by atoms with van der Waals surface area (Å²) < 4.78 is 11.6. The molecule has 3 unspecified atom stereocenters. The molecule has 1 N–H and O–H groups in total. The normalized spacial score (nSPS) is 24.4. The van der Waals surface area contributed by atoms with Crippen LogP contribution in [0.25, 0.3) is 0 Å². The first-order valence-electron chi connectivity index (χ1n) is 7.77. The second-order valence-electron chi connectivity index (χ2n) is 6.94. The van der Waals surface area contributed by atoms with Gasteiger partial charge >= 0.3 is 0 Å². The molecule has 4 heteroatoms. The number of hydrogen-bond donors (Lipinski definition) is 1. The Morgan fingerprint density at radius 1 is 1.40 bits per heavy atom. The van der Waals surface area contributed by atoms with E-state index in [1.54, 1.807) is 0 Å². The van der Waals surface area contributed by atoms with Crippen LogP contribution < -0.4 is 0 Å². The molecule has 0 amide bonds. The van der Waals surface area contributed by atoms with Crippen molar-refractivity contribution in [1.82, 2.24) is 0 Å². The molecular weight excluding hydrogens is 268 g/mol. The number of ether oxygens (including phenoxy) is 2. The van der Waals surface area contributed by atoms with Crippen molar-refractivity contribution in [2.75, 3.05) is 6.61 Å². The van der Waals surface area contributed by atoms with Gasteiger partial charge in [-0.15, -0.1) is 5.54 Å². The van der Waals surface area contributed by atoms with Crippen LogP contribution in [0.2, 0.25) is 19.6 Å². The molecule has 0 spiro atoms. The Morgan fingerprint density at radius 2 is 2.10 bits per heavy atom. The van der Waals surface area contributed by atoms with E-state index in [1.165, 1.54) is 0 Å². The van der Waals surface area contributed by atoms with Gasteiger partial charge in [0, 0.05) is 6.61 Å². The van der Waals surface area contributed by atoms with Crippen molar-refractivity contribution >= 4 is 8.07 Å². The highest BCUT2D eigenvalue weighted by Gasteiger charge is 2.33. The third-order valence-corrected chi connectivity index (χ3v) is 4.22. The highest BCUT2D eigenvalue weighted by molar-refractivity contribution is 6.83. The summed E-state index contributed by atoms with van der Waals surface area (Å²) in [4.78, 5) is 0. The summed E-state index contributed by atoms with van der Waals surface area (Å²) >= 11 is 0. The minimum Gasteiger partial charge on any atom is -0.386 e. The summed E-state index contributed by atoms with van der Waals surface area (Å²) in [6, 6.07) is 0. The lowest BCUT2D eigenvalue weighted by atomic mass is 9.94. The minimum absolute atomic E-state index is 0.215. The van der Waals surface area contributed by atoms with Gasteiger partial charge in [-0.25, -0.2) is 0 Å². The first kappa shape index (κ1) is 17.7. The molecule has 0 aromatic rings. The van der Waals surface area contributed by atoms with E-state index in [0.29, 0.717) is 6.42 Å². The first-order chi connectivity index (χ1) is 9.24. The average Bonchev–Trinajstić information content (AvgIpc) is 2.34. The van der Waals surface area contributed by atoms with Gasteiger partial charge < -0.3 is 14.6 Å². The van der Waals surface area contributed by atoms with Crippen molar-refractivity contribution in [2.45, 2.75) is 83.6 Å². The fourth-order valence-electron chi connectivity index (χ4n) is 2.23. The van der Waals surface area contributed by atoms with Gasteiger partial charge in [0.05, 0.1) is 5.60 Å². The van der Waals surface area contributed by atoms with Gasteiger partial charge in [-0.3, -0.25) is 0 Å². The van der Waals surface area contributed by atoms with Crippen molar-refractivity contribution in [2.24, 2.45) is 0 Å². The molecule has 0 aromatic carbocycles. The van der Waals surface area contributed by atoms with Crippen LogP contribution in [0.4, 0.5) is 0 Å². The molecule has 1 heterocycles. The van der Waals surface area contributed by atoms with E-state index in [4.69, 9.17) is 9.47 Å². The molecule has 1 fully saturated rings. The molecule has 1 saturated heterocycles. The number of aliphatic hydroxyl groups is 1. The molecule has 1 rings (SSSR count). The second kappa shape index (κ2) is 7.60. The zero-order valence-electron chi connectivity index (χ0n) is 13.7. The zero-order valence-corrected chi connectivity index (χ0v) is 14.7. The van der Waals surface area contributed by atoms with Gasteiger partial charge in [-0.05, 0) is 32.6 Å². The Kier molecular flexibility index (Phi) is 6.73. The Labute approximate surface area is 125 Å². The fourth-order valence-corrected chi connectivity index (χ4v) is 2.79. The number of rotatable bonds is 5. The Morgan fingerprint density at radius 3 is 2.60 bits per heavy atom. The lowest BCUT2D eigenvalue weighted by molar-refractivity contribution is -0.210. The van der Waals surface area contributed by atoms with Crippen molar-refractivity contribution in [3.63, 3.8) is 0 Å². The van der Waals surface area contributed by atoms with Crippen molar-refractivity contribution < 1.29 is 14.6 Å². The van der Waals surface area contributed by atoms with Crippen LogP contribution in [0, 0.1) is 11.5 Å². The van der Waals surface area contributed by atoms with Gasteiger partial charge in [-0.2, -0.15) is 0 Å². The molecule has 1 aliphatic rings. The van der Waals surface area contributed by atoms with Crippen LogP contribution in [-0.2, 0) is 9.47 Å². The molecular formula is C16H30O3Si. The maximum atomic E-state index is 10.6. The fraction of sp³-hybridized carbons (Fsp3) is 0.875. The highest BCUT2D eigenvalue weighted by atomic mass is 28.3. The molecule has 0 aliphatic carbocycles. The van der Waals surface area contributed by atoms with E-state index in [1.807, 2.05) is 6.92 Å². The Bertz CT molecular complexity index is 343. The summed E-state index contributed by atoms with van der Waals surface area (Å²) in [5.41, 5.74) is 2.41. The van der Waals surface area contributed by atoms with Crippen molar-refractivity contribution in [3.05, 3.63) is 0 Å². The SMILES string of the molecule is CCCC(C)(O)C(C#C[Si](C)(C)C)OC1CCCCO1. The lowest BCUT2D eigenvalue weighted by Crippen LogP contribution is -2.43. The topological polar surface area (TPSA) is 38.7 Å². The van der Waals surface area contributed by atoms with Crippen LogP contribution in [0.5, 0.6) is 0 Å². The molecule has 0 aromatic heterocycles. The lowest BCUT2D eigenvalue weighted by Gasteiger charge is -2.33. The molecule has 116 valence electrons. The van der Waals surface area contributed by atoms with Crippen LogP contribution in [-0.4, -0.2) is 37.8 Å². The van der Waals surface area contributed by atoms with Gasteiger partial charge in [0.25, 0.3) is 0 Å². The first-order valence-corrected chi connectivity index (χ1v) is 11.3. The van der Waals surface area contributed by atoms with Crippen LogP contribution >= 0.6 is 0 Å². The van der Waals surface area contributed by atoms with Crippen molar-refractivity contribution in [3.8, 4) is 11.5 Å². The molecule has 1 aliphatic heterocycles. The third-order valence-electron chi connectivity index (χ3n) is 3.33. The average molecular weight is 298 g/mol. The summed E-state index contributed by atoms with van der Waals surface area (Å²) in [7, 11) is -1.48. The maximum Gasteiger partial charge on any atom is 0.159 e. The predicted octanol–water partition coefficient (Wildman–Crippen LogP) is 3.33. The smallest absolute Gasteiger partial charge is 0.159 e. The molecule has 0 saturated carbocycles. The van der Waals surface area contributed by atoms with Crippen LogP contribution in [0.3, 0.4) is 0 Å². The third kappa shape index (κ3) is 6.40. The van der Waals surface area contributed by atoms with Gasteiger partial charge in [-0.1, -0.05) is 38.9 Å². The Hall–Kier alpha value is -0.343. The number of hydrogen-bond acceptors (Lipinski definition) is 3. The zero-order chi connectivity index (χ0) is 15.2. The summed E-state index contributed by atoms with van der Waals surface area (Å²) in [5.74, 6) is 3.19. The molecule has 0 radical (unpaired) electrons. The quantitative estimate of drug-likeness (QED) is 0.625. The van der Waals surface area contributed by atoms with E-state index in [9.17, 15) is 5.11 Å². The molecule has 3 atom stereocenters. The van der Waals surface area contributed by atoms with Crippen molar-refractivity contribution in [1.29, 1.82) is 0 Å². The summed E-state index contributed by atoms with van der Waals surface area (Å²) in [5, 5.41) is 10.6. The van der Waals surface area contributed by atoms with Gasteiger partial charge in [0.15, 0.2) is 6.29 Å². The second-order valence-corrected chi connectivity index (χ2v) is 11.7. The van der Waals surface area contributed by atoms with Gasteiger partial charge in [0.1, 0.15) is 14.2 Å². The molecule has 20 heavy (non-hydrogen) atoms. The van der Waals surface area contributed by atoms with Crippen LogP contribution in [0.15, 0.2) is 0 Å². The highest BCUT2D eigenvalue weighted by Crippen LogP contribution is 2.24. The summed E-state index contributed by atoms with van der Waals surface area (Å²) in [6.07, 6.45) is 4.03. The molecule has 3 nitrogen and oxygen atoms in total. The largest absolute Gasteiger partial charge is 0.386 e. The van der Waals surface area contributed by atoms with E-state index in [-0.39, 0.29) is 6.29 Å². The van der Waals surface area contributed by atoms with Crippen LogP contribution in [0.1, 0.15) is 46.0 Å².